The molecule has 0 aromatic carbocycles. The number of nitro groups is 1. The van der Waals surface area contributed by atoms with Crippen molar-refractivity contribution in [1.29, 1.82) is 5.26 Å². The molecule has 4 nitrogen and oxygen atoms in total. The van der Waals surface area contributed by atoms with E-state index in [2.05, 4.69) is 0 Å². The molecule has 0 spiro atoms. The van der Waals surface area contributed by atoms with Crippen LogP contribution in [0.3, 0.4) is 0 Å². The van der Waals surface area contributed by atoms with Gasteiger partial charge < -0.3 is 0 Å². The SMILES string of the molecule is CCC#N.C[N+](=O)[O-]. The largest absolute Gasteiger partial charge is 0.265 e. The molecule has 0 unspecified atom stereocenters. The Morgan fingerprint density at radius 1 is 1.88 bits per heavy atom. The number of rotatable bonds is 0. The van der Waals surface area contributed by atoms with Crippen LogP contribution in [-0.2, 0) is 0 Å². The predicted octanol–water partition coefficient (Wildman–Crippen LogP) is 0.813. The van der Waals surface area contributed by atoms with Crippen LogP contribution in [0.25, 0.3) is 0 Å². The monoisotopic (exact) mass is 116 g/mol. The van der Waals surface area contributed by atoms with Crippen LogP contribution in [0.15, 0.2) is 0 Å². The summed E-state index contributed by atoms with van der Waals surface area (Å²) in [4.78, 5) is 8.31. The summed E-state index contributed by atoms with van der Waals surface area (Å²) in [5, 5.41) is 16.4. The van der Waals surface area contributed by atoms with Crippen LogP contribution in [0.5, 0.6) is 0 Å². The van der Waals surface area contributed by atoms with Gasteiger partial charge in [-0.1, -0.05) is 6.92 Å². The minimum Gasteiger partial charge on any atom is -0.265 e. The minimum absolute atomic E-state index is 0.500. The zero-order valence-electron chi connectivity index (χ0n) is 4.92. The first-order valence-electron chi connectivity index (χ1n) is 2.10. The van der Waals surface area contributed by atoms with Crippen LogP contribution >= 0.6 is 0 Å². The van der Waals surface area contributed by atoms with Crippen LogP contribution in [0.2, 0.25) is 0 Å². The minimum atomic E-state index is -0.500. The molecule has 0 aliphatic heterocycles. The molecule has 0 aromatic heterocycles. The number of nitrogens with zero attached hydrogens (tertiary/aromatic N) is 2. The maximum atomic E-state index is 8.81. The summed E-state index contributed by atoms with van der Waals surface area (Å²) in [6.07, 6.45) is 0.625. The van der Waals surface area contributed by atoms with Crippen LogP contribution in [0, 0.1) is 21.4 Å². The van der Waals surface area contributed by atoms with Gasteiger partial charge in [0.25, 0.3) is 0 Å². The van der Waals surface area contributed by atoms with Gasteiger partial charge in [0.15, 0.2) is 7.05 Å². The van der Waals surface area contributed by atoms with Gasteiger partial charge in [0.05, 0.1) is 6.07 Å². The highest BCUT2D eigenvalue weighted by Crippen LogP contribution is 1.58. The van der Waals surface area contributed by atoms with Crippen molar-refractivity contribution in [2.45, 2.75) is 13.3 Å². The third-order valence-corrected chi connectivity index (χ3v) is 0.158. The summed E-state index contributed by atoms with van der Waals surface area (Å²) in [6, 6.07) is 1.93. The first-order valence-corrected chi connectivity index (χ1v) is 2.10. The lowest BCUT2D eigenvalue weighted by molar-refractivity contribution is -0.445. The molecule has 0 aliphatic carbocycles. The van der Waals surface area contributed by atoms with E-state index in [0.717, 1.165) is 7.05 Å². The van der Waals surface area contributed by atoms with E-state index in [0.29, 0.717) is 6.42 Å². The molecule has 0 amide bonds. The maximum absolute atomic E-state index is 8.81. The van der Waals surface area contributed by atoms with Gasteiger partial charge in [0.2, 0.25) is 0 Å². The van der Waals surface area contributed by atoms with Crippen molar-refractivity contribution in [1.82, 2.24) is 0 Å². The summed E-state index contributed by atoms with van der Waals surface area (Å²) in [5.41, 5.74) is 0. The van der Waals surface area contributed by atoms with Crippen molar-refractivity contribution in [3.8, 4) is 6.07 Å². The second kappa shape index (κ2) is 9.31. The molecular weight excluding hydrogens is 108 g/mol. The third-order valence-electron chi connectivity index (χ3n) is 0.158. The Labute approximate surface area is 47.9 Å². The normalized spacial score (nSPS) is 5.62. The summed E-state index contributed by atoms with van der Waals surface area (Å²) in [5.74, 6) is 0. The van der Waals surface area contributed by atoms with Gasteiger partial charge in [-0.15, -0.1) is 0 Å². The molecule has 4 heteroatoms. The van der Waals surface area contributed by atoms with Crippen molar-refractivity contribution in [2.75, 3.05) is 7.05 Å². The van der Waals surface area contributed by atoms with Crippen molar-refractivity contribution < 1.29 is 4.92 Å². The van der Waals surface area contributed by atoms with Gasteiger partial charge in [-0.25, -0.2) is 0 Å². The smallest absolute Gasteiger partial charge is 0.194 e. The fraction of sp³-hybridized carbons (Fsp3) is 0.750. The molecule has 0 rings (SSSR count). The van der Waals surface area contributed by atoms with Crippen molar-refractivity contribution in [3.63, 3.8) is 0 Å². The Kier molecular flexibility index (Phi) is 11.6. The van der Waals surface area contributed by atoms with Crippen molar-refractivity contribution >= 4 is 0 Å². The lowest BCUT2D eigenvalue weighted by atomic mass is 10.6. The molecule has 0 aromatic rings. The molecular formula is C4H8N2O2. The van der Waals surface area contributed by atoms with Crippen molar-refractivity contribution in [3.05, 3.63) is 10.1 Å². The highest BCUT2D eigenvalue weighted by Gasteiger charge is 1.57. The molecule has 0 heterocycles. The Bertz CT molecular complexity index is 90.7. The van der Waals surface area contributed by atoms with E-state index >= 15 is 0 Å². The average molecular weight is 116 g/mol. The first-order chi connectivity index (χ1) is 3.65. The maximum Gasteiger partial charge on any atom is 0.194 e. The Morgan fingerprint density at radius 3 is 2.00 bits per heavy atom. The standard InChI is InChI=1S/C3H5N.CH3NO2/c1-2-3-4;1-2(3)4/h2H2,1H3;1H3. The Morgan fingerprint density at radius 2 is 2.00 bits per heavy atom. The molecule has 0 radical (unpaired) electrons. The molecule has 46 valence electrons. The number of nitriles is 1. The summed E-state index contributed by atoms with van der Waals surface area (Å²) >= 11 is 0. The lowest BCUT2D eigenvalue weighted by Gasteiger charge is -1.63. The van der Waals surface area contributed by atoms with E-state index in [9.17, 15) is 0 Å². The first kappa shape index (κ1) is 10.00. The zero-order valence-corrected chi connectivity index (χ0v) is 4.92. The summed E-state index contributed by atoms with van der Waals surface area (Å²) in [7, 11) is 0.889. The van der Waals surface area contributed by atoms with Gasteiger partial charge in [0, 0.05) is 11.3 Å². The number of hydrogen-bond donors (Lipinski definition) is 0. The molecule has 0 saturated carbocycles. The molecule has 0 atom stereocenters. The fourth-order valence-corrected chi connectivity index (χ4v) is 0. The molecule has 0 saturated heterocycles. The van der Waals surface area contributed by atoms with Gasteiger partial charge in [-0.05, 0) is 0 Å². The molecule has 0 N–H and O–H groups in total. The van der Waals surface area contributed by atoms with E-state index in [-0.39, 0.29) is 0 Å². The van der Waals surface area contributed by atoms with E-state index < -0.39 is 4.92 Å². The van der Waals surface area contributed by atoms with Gasteiger partial charge in [0.1, 0.15) is 0 Å². The highest BCUT2D eigenvalue weighted by atomic mass is 16.6. The van der Waals surface area contributed by atoms with Gasteiger partial charge >= 0.3 is 0 Å². The molecule has 0 fully saturated rings. The van der Waals surface area contributed by atoms with Crippen LogP contribution in [-0.4, -0.2) is 12.0 Å². The van der Waals surface area contributed by atoms with E-state index in [1.165, 1.54) is 0 Å². The quantitative estimate of drug-likeness (QED) is 0.347. The van der Waals surface area contributed by atoms with Gasteiger partial charge in [-0.2, -0.15) is 5.26 Å². The molecule has 0 bridgehead atoms. The molecule has 0 aliphatic rings. The zero-order chi connectivity index (χ0) is 6.99. The average Bonchev–Trinajstić information content (AvgIpc) is 1.65. The molecule has 8 heavy (non-hydrogen) atoms. The number of hydrogen-bond acceptors (Lipinski definition) is 3. The lowest BCUT2D eigenvalue weighted by Crippen LogP contribution is -1.79. The Balaban J connectivity index is 0. The third kappa shape index (κ3) is 6120. The highest BCUT2D eigenvalue weighted by molar-refractivity contribution is 4.61. The Hall–Kier alpha value is -1.11. The van der Waals surface area contributed by atoms with Crippen LogP contribution < -0.4 is 0 Å². The summed E-state index contributed by atoms with van der Waals surface area (Å²) < 4.78 is 0. The van der Waals surface area contributed by atoms with Gasteiger partial charge in [-0.3, -0.25) is 10.1 Å². The second-order valence-corrected chi connectivity index (χ2v) is 0.951. The van der Waals surface area contributed by atoms with E-state index in [1.807, 2.05) is 13.0 Å². The topological polar surface area (TPSA) is 66.9 Å². The van der Waals surface area contributed by atoms with E-state index in [4.69, 9.17) is 15.4 Å². The fourth-order valence-electron chi connectivity index (χ4n) is 0. The van der Waals surface area contributed by atoms with Crippen LogP contribution in [0.1, 0.15) is 13.3 Å². The summed E-state index contributed by atoms with van der Waals surface area (Å²) in [6.45, 7) is 1.82. The van der Waals surface area contributed by atoms with Crippen molar-refractivity contribution in [2.24, 2.45) is 0 Å². The second-order valence-electron chi connectivity index (χ2n) is 0.951. The predicted molar refractivity (Wildman–Crippen MR) is 28.8 cm³/mol. The van der Waals surface area contributed by atoms with E-state index in [1.54, 1.807) is 0 Å². The van der Waals surface area contributed by atoms with Crippen LogP contribution in [0.4, 0.5) is 0 Å².